The first-order chi connectivity index (χ1) is 22.3. The second-order valence-corrected chi connectivity index (χ2v) is 11.8. The number of nitrogens with one attached hydrogen (secondary N) is 1. The molecule has 1 aliphatic rings. The van der Waals surface area contributed by atoms with Crippen molar-refractivity contribution in [3.05, 3.63) is 141 Å². The maximum atomic E-state index is 13.9. The van der Waals surface area contributed by atoms with E-state index in [0.717, 1.165) is 22.9 Å². The first-order valence-electron chi connectivity index (χ1n) is 13.9. The van der Waals surface area contributed by atoms with Gasteiger partial charge >= 0.3 is 0 Å². The Bertz CT molecular complexity index is 1740. The lowest BCUT2D eigenvalue weighted by Gasteiger charge is -2.28. The van der Waals surface area contributed by atoms with Gasteiger partial charge in [0.1, 0.15) is 11.6 Å². The summed E-state index contributed by atoms with van der Waals surface area (Å²) in [5, 5.41) is 12.1. The second kappa shape index (κ2) is 16.6. The highest BCUT2D eigenvalue weighted by molar-refractivity contribution is 9.10. The summed E-state index contributed by atoms with van der Waals surface area (Å²) < 4.78 is 5.79. The van der Waals surface area contributed by atoms with Crippen LogP contribution in [0.1, 0.15) is 29.7 Å². The summed E-state index contributed by atoms with van der Waals surface area (Å²) in [7, 11) is 0. The van der Waals surface area contributed by atoms with E-state index in [-0.39, 0.29) is 39.8 Å². The van der Waals surface area contributed by atoms with Gasteiger partial charge in [-0.2, -0.15) is 10.3 Å². The second-order valence-electron chi connectivity index (χ2n) is 9.58. The van der Waals surface area contributed by atoms with Gasteiger partial charge in [-0.25, -0.2) is 0 Å². The zero-order chi connectivity index (χ0) is 33.1. The monoisotopic (exact) mass is 714 g/mol. The molecule has 8 nitrogen and oxygen atoms in total. The Morgan fingerprint density at radius 1 is 1.15 bits per heavy atom. The van der Waals surface area contributed by atoms with Gasteiger partial charge in [0.2, 0.25) is 5.91 Å². The van der Waals surface area contributed by atoms with E-state index < -0.39 is 17.9 Å². The van der Waals surface area contributed by atoms with Gasteiger partial charge in [0.05, 0.1) is 21.3 Å². The molecule has 1 heterocycles. The molecule has 11 heteroatoms. The SMILES string of the molecule is C=C/C=C\C(=C/C)N1C(=O)/C(=C/c2cc(Cl)c(OCC#N)c(Br)c2)C(=O)N=C1SCC(=O)NC(c1ccccc1)c1ccccc1. The lowest BCUT2D eigenvalue weighted by atomic mass is 9.99. The van der Waals surface area contributed by atoms with E-state index in [4.69, 9.17) is 21.6 Å². The van der Waals surface area contributed by atoms with Crippen molar-refractivity contribution in [2.75, 3.05) is 12.4 Å². The number of hydrogen-bond acceptors (Lipinski definition) is 6. The smallest absolute Gasteiger partial charge is 0.285 e. The highest BCUT2D eigenvalue weighted by Crippen LogP contribution is 2.36. The maximum absolute atomic E-state index is 13.9. The number of allylic oxidation sites excluding steroid dienone is 4. The van der Waals surface area contributed by atoms with E-state index in [1.54, 1.807) is 37.3 Å². The number of carbonyl (C=O) groups excluding carboxylic acids is 3. The van der Waals surface area contributed by atoms with E-state index in [1.165, 1.54) is 17.0 Å². The van der Waals surface area contributed by atoms with Crippen molar-refractivity contribution in [3.8, 4) is 11.8 Å². The van der Waals surface area contributed by atoms with Crippen LogP contribution in [0, 0.1) is 11.3 Å². The van der Waals surface area contributed by atoms with Crippen molar-refractivity contribution in [1.82, 2.24) is 10.2 Å². The van der Waals surface area contributed by atoms with Gasteiger partial charge in [-0.05, 0) is 63.8 Å². The van der Waals surface area contributed by atoms with Crippen molar-refractivity contribution >= 4 is 68.3 Å². The third-order valence-electron chi connectivity index (χ3n) is 6.53. The Hall–Kier alpha value is -4.69. The van der Waals surface area contributed by atoms with Crippen LogP contribution in [-0.4, -0.2) is 40.1 Å². The number of thioether (sulfide) groups is 1. The predicted octanol–water partition coefficient (Wildman–Crippen LogP) is 7.40. The quantitative estimate of drug-likeness (QED) is 0.126. The van der Waals surface area contributed by atoms with Crippen molar-refractivity contribution in [2.24, 2.45) is 4.99 Å². The molecule has 3 aromatic carbocycles. The van der Waals surface area contributed by atoms with Crippen molar-refractivity contribution in [1.29, 1.82) is 5.26 Å². The molecule has 0 atom stereocenters. The number of rotatable bonds is 11. The fourth-order valence-electron chi connectivity index (χ4n) is 4.47. The predicted molar refractivity (Wildman–Crippen MR) is 186 cm³/mol. The molecule has 0 fully saturated rings. The number of amides is 3. The topological polar surface area (TPSA) is 112 Å². The van der Waals surface area contributed by atoms with Crippen LogP contribution in [-0.2, 0) is 14.4 Å². The number of nitriles is 1. The Labute approximate surface area is 284 Å². The normalized spacial score (nSPS) is 14.4. The van der Waals surface area contributed by atoms with Crippen LogP contribution in [0.15, 0.2) is 124 Å². The third-order valence-corrected chi connectivity index (χ3v) is 8.33. The van der Waals surface area contributed by atoms with Gasteiger partial charge in [-0.15, -0.1) is 0 Å². The number of aliphatic imine (C=N–C) groups is 1. The molecule has 232 valence electrons. The molecular formula is C35H28BrClN4O4S. The maximum Gasteiger partial charge on any atom is 0.285 e. The number of ether oxygens (including phenoxy) is 1. The summed E-state index contributed by atoms with van der Waals surface area (Å²) in [6.45, 7) is 5.23. The van der Waals surface area contributed by atoms with Crippen molar-refractivity contribution in [2.45, 2.75) is 13.0 Å². The lowest BCUT2D eigenvalue weighted by Crippen LogP contribution is -2.42. The number of hydrogen-bond donors (Lipinski definition) is 1. The Balaban J connectivity index is 1.63. The minimum atomic E-state index is -0.768. The first-order valence-corrected chi connectivity index (χ1v) is 16.1. The largest absolute Gasteiger partial charge is 0.476 e. The Morgan fingerprint density at radius 3 is 2.37 bits per heavy atom. The molecule has 0 radical (unpaired) electrons. The molecule has 1 N–H and O–H groups in total. The van der Waals surface area contributed by atoms with Crippen LogP contribution in [0.5, 0.6) is 5.75 Å². The molecule has 0 saturated heterocycles. The van der Waals surface area contributed by atoms with Crippen molar-refractivity contribution < 1.29 is 19.1 Å². The van der Waals surface area contributed by atoms with Crippen LogP contribution in [0.3, 0.4) is 0 Å². The molecule has 46 heavy (non-hydrogen) atoms. The summed E-state index contributed by atoms with van der Waals surface area (Å²) in [5.74, 6) is -1.56. The highest BCUT2D eigenvalue weighted by atomic mass is 79.9. The summed E-state index contributed by atoms with van der Waals surface area (Å²) in [4.78, 5) is 46.0. The van der Waals surface area contributed by atoms with E-state index in [2.05, 4.69) is 32.8 Å². The van der Waals surface area contributed by atoms with Gasteiger partial charge in [-0.3, -0.25) is 19.3 Å². The van der Waals surface area contributed by atoms with Crippen LogP contribution < -0.4 is 10.1 Å². The van der Waals surface area contributed by atoms with E-state index in [1.807, 2.05) is 66.7 Å². The summed E-state index contributed by atoms with van der Waals surface area (Å²) >= 11 is 10.7. The molecular weight excluding hydrogens is 688 g/mol. The summed E-state index contributed by atoms with van der Waals surface area (Å²) in [6.07, 6.45) is 7.94. The molecule has 1 aliphatic heterocycles. The lowest BCUT2D eigenvalue weighted by molar-refractivity contribution is -0.126. The average Bonchev–Trinajstić information content (AvgIpc) is 3.06. The fourth-order valence-corrected chi connectivity index (χ4v) is 6.26. The summed E-state index contributed by atoms with van der Waals surface area (Å²) in [5.41, 5.74) is 2.47. The first kappa shape index (κ1) is 34.2. The van der Waals surface area contributed by atoms with E-state index >= 15 is 0 Å². The van der Waals surface area contributed by atoms with Crippen LogP contribution in [0.25, 0.3) is 6.08 Å². The Kier molecular flexibility index (Phi) is 12.3. The number of carbonyl (C=O) groups is 3. The third kappa shape index (κ3) is 8.52. The van der Waals surface area contributed by atoms with Crippen molar-refractivity contribution in [3.63, 3.8) is 0 Å². The highest BCUT2D eigenvalue weighted by Gasteiger charge is 2.35. The molecule has 0 aromatic heterocycles. The van der Waals surface area contributed by atoms with Gasteiger partial charge in [0.25, 0.3) is 11.8 Å². The molecule has 0 aliphatic carbocycles. The van der Waals surface area contributed by atoms with Gasteiger partial charge in [-0.1, -0.05) is 109 Å². The Morgan fingerprint density at radius 2 is 1.80 bits per heavy atom. The summed E-state index contributed by atoms with van der Waals surface area (Å²) in [6, 6.07) is 23.8. The molecule has 3 amide bonds. The molecule has 0 saturated carbocycles. The minimum Gasteiger partial charge on any atom is -0.476 e. The standard InChI is InChI=1S/C35H28BrClN4O4S/c1-3-5-16-26(4-2)41-34(44)27(19-23-20-28(36)32(29(37)21-23)45-18-17-38)33(43)40-35(41)46-22-30(42)39-31(24-12-8-6-9-13-24)25-14-10-7-11-15-25/h3-16,19-21,31H,1,18,22H2,2H3,(H,39,42)/b16-5-,26-4+,27-19+. The molecule has 4 rings (SSSR count). The molecule has 0 spiro atoms. The molecule has 0 unspecified atom stereocenters. The van der Waals surface area contributed by atoms with Gasteiger partial charge < -0.3 is 10.1 Å². The van der Waals surface area contributed by atoms with E-state index in [9.17, 15) is 14.4 Å². The van der Waals surface area contributed by atoms with Gasteiger partial charge in [0.15, 0.2) is 17.5 Å². The van der Waals surface area contributed by atoms with Crippen LogP contribution in [0.4, 0.5) is 0 Å². The van der Waals surface area contributed by atoms with Gasteiger partial charge in [0, 0.05) is 5.70 Å². The minimum absolute atomic E-state index is 0.0551. The number of nitrogens with zero attached hydrogens (tertiary/aromatic N) is 3. The fraction of sp³-hybridized carbons (Fsp3) is 0.114. The number of benzene rings is 3. The average molecular weight is 716 g/mol. The van der Waals surface area contributed by atoms with E-state index in [0.29, 0.717) is 15.7 Å². The molecule has 3 aromatic rings. The molecule has 0 bridgehead atoms. The van der Waals surface area contributed by atoms with Crippen LogP contribution >= 0.6 is 39.3 Å². The van der Waals surface area contributed by atoms with Crippen LogP contribution in [0.2, 0.25) is 5.02 Å². The zero-order valence-corrected chi connectivity index (χ0v) is 27.8. The number of amidine groups is 1. The number of halogens is 2. The zero-order valence-electron chi connectivity index (χ0n) is 24.7.